The molecule has 6 heteroatoms. The highest BCUT2D eigenvalue weighted by Crippen LogP contribution is 2.31. The predicted octanol–water partition coefficient (Wildman–Crippen LogP) is 2.35. The molecule has 0 aromatic heterocycles. The van der Waals surface area contributed by atoms with E-state index in [9.17, 15) is 4.79 Å². The molecule has 2 aliphatic heterocycles. The molecule has 2 aliphatic rings. The Bertz CT molecular complexity index is 849. The van der Waals surface area contributed by atoms with E-state index in [1.807, 2.05) is 48.5 Å². The first-order chi connectivity index (χ1) is 12.7. The summed E-state index contributed by atoms with van der Waals surface area (Å²) in [7, 11) is 0. The summed E-state index contributed by atoms with van der Waals surface area (Å²) < 4.78 is 5.67. The maximum absolute atomic E-state index is 11.6. The topological polar surface area (TPSA) is 80.0 Å². The first-order valence-electron chi connectivity index (χ1n) is 8.88. The van der Waals surface area contributed by atoms with Gasteiger partial charge in [0.15, 0.2) is 5.96 Å². The number of hydrogen-bond acceptors (Lipinski definition) is 3. The van der Waals surface area contributed by atoms with Gasteiger partial charge in [-0.25, -0.2) is 4.99 Å². The Hall–Kier alpha value is -3.02. The minimum absolute atomic E-state index is 0.105. The molecule has 3 N–H and O–H groups in total. The van der Waals surface area contributed by atoms with Gasteiger partial charge in [0.2, 0.25) is 5.91 Å². The lowest BCUT2D eigenvalue weighted by molar-refractivity contribution is -0.122. The maximum Gasteiger partial charge on any atom is 0.228 e. The Kier molecular flexibility index (Phi) is 4.48. The normalized spacial score (nSPS) is 19.4. The van der Waals surface area contributed by atoms with Crippen LogP contribution in [0.2, 0.25) is 0 Å². The summed E-state index contributed by atoms with van der Waals surface area (Å²) in [5, 5.41) is 3.30. The molecule has 1 atom stereocenters. The van der Waals surface area contributed by atoms with E-state index in [-0.39, 0.29) is 11.9 Å². The summed E-state index contributed by atoms with van der Waals surface area (Å²) in [5.74, 6) is 1.48. The van der Waals surface area contributed by atoms with E-state index in [0.717, 1.165) is 35.5 Å². The molecule has 0 radical (unpaired) electrons. The van der Waals surface area contributed by atoms with E-state index in [0.29, 0.717) is 25.5 Å². The fraction of sp³-hybridized carbons (Fsp3) is 0.300. The van der Waals surface area contributed by atoms with E-state index >= 15 is 0 Å². The third kappa shape index (κ3) is 3.35. The Morgan fingerprint density at radius 1 is 1.27 bits per heavy atom. The van der Waals surface area contributed by atoms with Crippen molar-refractivity contribution in [3.8, 4) is 5.75 Å². The lowest BCUT2D eigenvalue weighted by Gasteiger charge is -2.30. The van der Waals surface area contributed by atoms with Crippen molar-refractivity contribution < 1.29 is 9.53 Å². The van der Waals surface area contributed by atoms with Crippen LogP contribution in [0.15, 0.2) is 53.5 Å². The zero-order chi connectivity index (χ0) is 17.9. The number of nitrogens with two attached hydrogens (primary N) is 1. The van der Waals surface area contributed by atoms with Crippen LogP contribution in [-0.4, -0.2) is 25.0 Å². The molecule has 2 heterocycles. The van der Waals surface area contributed by atoms with Crippen LogP contribution in [0, 0.1) is 0 Å². The number of anilines is 1. The average Bonchev–Trinajstić information content (AvgIpc) is 2.66. The lowest BCUT2D eigenvalue weighted by atomic mass is 10.0. The second kappa shape index (κ2) is 7.07. The Labute approximate surface area is 152 Å². The van der Waals surface area contributed by atoms with E-state index in [1.54, 1.807) is 4.90 Å². The average molecular weight is 350 g/mol. The molecule has 0 bridgehead atoms. The summed E-state index contributed by atoms with van der Waals surface area (Å²) in [5.41, 5.74) is 9.16. The van der Waals surface area contributed by atoms with Gasteiger partial charge >= 0.3 is 0 Å². The van der Waals surface area contributed by atoms with Crippen molar-refractivity contribution in [2.24, 2.45) is 10.7 Å². The summed E-state index contributed by atoms with van der Waals surface area (Å²) in [6.07, 6.45) is 1.48. The molecule has 2 aromatic carbocycles. The number of carbonyl (C=O) groups excluding carboxylic acids is 1. The van der Waals surface area contributed by atoms with Crippen LogP contribution in [0.3, 0.4) is 0 Å². The maximum atomic E-state index is 11.6. The molecule has 134 valence electrons. The van der Waals surface area contributed by atoms with Crippen molar-refractivity contribution in [2.75, 3.05) is 18.1 Å². The second-order valence-corrected chi connectivity index (χ2v) is 6.54. The number of carbonyl (C=O) groups is 1. The zero-order valence-corrected chi connectivity index (χ0v) is 14.5. The van der Waals surface area contributed by atoms with Gasteiger partial charge in [-0.1, -0.05) is 30.3 Å². The molecule has 1 fully saturated rings. The smallest absolute Gasteiger partial charge is 0.228 e. The van der Waals surface area contributed by atoms with Crippen LogP contribution in [0.1, 0.15) is 30.0 Å². The molecule has 1 amide bonds. The summed E-state index contributed by atoms with van der Waals surface area (Å²) >= 11 is 0. The first kappa shape index (κ1) is 16.4. The SMILES string of the molecule is NC(=NCc1cccc(N2CCC2=O)c1)NC1CCOc2ccccc21. The number of ether oxygens (including phenoxy) is 1. The molecule has 1 saturated heterocycles. The van der Waals surface area contributed by atoms with Crippen molar-refractivity contribution in [2.45, 2.75) is 25.4 Å². The number of rotatable bonds is 4. The van der Waals surface area contributed by atoms with Gasteiger partial charge < -0.3 is 20.7 Å². The van der Waals surface area contributed by atoms with Crippen LogP contribution >= 0.6 is 0 Å². The first-order valence-corrected chi connectivity index (χ1v) is 8.88. The number of para-hydroxylation sites is 1. The highest BCUT2D eigenvalue weighted by molar-refractivity contribution is 5.99. The number of hydrogen-bond donors (Lipinski definition) is 2. The molecule has 6 nitrogen and oxygen atoms in total. The van der Waals surface area contributed by atoms with Crippen LogP contribution in [0.25, 0.3) is 0 Å². The Morgan fingerprint density at radius 2 is 2.15 bits per heavy atom. The zero-order valence-electron chi connectivity index (χ0n) is 14.5. The molecular formula is C20H22N4O2. The van der Waals surface area contributed by atoms with E-state index in [1.165, 1.54) is 0 Å². The van der Waals surface area contributed by atoms with Crippen LogP contribution in [-0.2, 0) is 11.3 Å². The summed E-state index contributed by atoms with van der Waals surface area (Å²) in [6.45, 7) is 1.92. The second-order valence-electron chi connectivity index (χ2n) is 6.54. The lowest BCUT2D eigenvalue weighted by Crippen LogP contribution is -2.43. The van der Waals surface area contributed by atoms with Gasteiger partial charge in [-0.15, -0.1) is 0 Å². The predicted molar refractivity (Wildman–Crippen MR) is 101 cm³/mol. The number of guanidine groups is 1. The summed E-state index contributed by atoms with van der Waals surface area (Å²) in [6, 6.07) is 16.0. The number of amides is 1. The van der Waals surface area contributed by atoms with Gasteiger partial charge in [-0.3, -0.25) is 4.79 Å². The molecular weight excluding hydrogens is 328 g/mol. The fourth-order valence-electron chi connectivity index (χ4n) is 3.30. The fourth-order valence-corrected chi connectivity index (χ4v) is 3.30. The van der Waals surface area contributed by atoms with Gasteiger partial charge in [0, 0.05) is 30.6 Å². The minimum Gasteiger partial charge on any atom is -0.493 e. The largest absolute Gasteiger partial charge is 0.493 e. The number of β-lactam (4-membered cyclic amide) rings is 1. The molecule has 4 rings (SSSR count). The minimum atomic E-state index is 0.105. The third-order valence-electron chi connectivity index (χ3n) is 4.79. The van der Waals surface area contributed by atoms with Crippen molar-refractivity contribution in [1.82, 2.24) is 5.32 Å². The number of fused-ring (bicyclic) bond motifs is 1. The van der Waals surface area contributed by atoms with E-state index < -0.39 is 0 Å². The molecule has 0 spiro atoms. The van der Waals surface area contributed by atoms with Gasteiger partial charge in [0.05, 0.1) is 19.2 Å². The quantitative estimate of drug-likeness (QED) is 0.504. The molecule has 0 saturated carbocycles. The van der Waals surface area contributed by atoms with Crippen molar-refractivity contribution >= 4 is 17.6 Å². The van der Waals surface area contributed by atoms with Crippen LogP contribution in [0.5, 0.6) is 5.75 Å². The highest BCUT2D eigenvalue weighted by Gasteiger charge is 2.25. The van der Waals surface area contributed by atoms with Gasteiger partial charge in [-0.2, -0.15) is 0 Å². The summed E-state index contributed by atoms with van der Waals surface area (Å²) in [4.78, 5) is 17.8. The van der Waals surface area contributed by atoms with E-state index in [4.69, 9.17) is 10.5 Å². The van der Waals surface area contributed by atoms with Gasteiger partial charge in [0.1, 0.15) is 5.75 Å². The van der Waals surface area contributed by atoms with Crippen LogP contribution < -0.4 is 20.7 Å². The van der Waals surface area contributed by atoms with Gasteiger partial charge in [0.25, 0.3) is 0 Å². The van der Waals surface area contributed by atoms with Crippen LogP contribution in [0.4, 0.5) is 5.69 Å². The molecule has 1 unspecified atom stereocenters. The standard InChI is InChI=1S/C20H22N4O2/c21-20(23-17-9-11-26-18-7-2-1-6-16(17)18)22-13-14-4-3-5-15(12-14)24-10-8-19(24)25/h1-7,12,17H,8-11,13H2,(H3,21,22,23). The van der Waals surface area contributed by atoms with Crippen molar-refractivity contribution in [3.63, 3.8) is 0 Å². The third-order valence-corrected chi connectivity index (χ3v) is 4.79. The van der Waals surface area contributed by atoms with Crippen molar-refractivity contribution in [3.05, 3.63) is 59.7 Å². The number of nitrogens with one attached hydrogen (secondary N) is 1. The monoisotopic (exact) mass is 350 g/mol. The molecule has 2 aromatic rings. The molecule has 26 heavy (non-hydrogen) atoms. The Balaban J connectivity index is 1.42. The number of benzene rings is 2. The molecule has 0 aliphatic carbocycles. The van der Waals surface area contributed by atoms with Crippen molar-refractivity contribution in [1.29, 1.82) is 0 Å². The number of aliphatic imine (C=N–C) groups is 1. The van der Waals surface area contributed by atoms with Gasteiger partial charge in [-0.05, 0) is 23.8 Å². The highest BCUT2D eigenvalue weighted by atomic mass is 16.5. The Morgan fingerprint density at radius 3 is 2.96 bits per heavy atom. The van der Waals surface area contributed by atoms with E-state index in [2.05, 4.69) is 10.3 Å². The number of nitrogens with zero attached hydrogens (tertiary/aromatic N) is 2.